The number of nitrogens with one attached hydrogen (secondary N) is 1. The van der Waals surface area contributed by atoms with Crippen molar-refractivity contribution in [2.24, 2.45) is 0 Å². The van der Waals surface area contributed by atoms with E-state index in [0.29, 0.717) is 0 Å². The molecule has 0 saturated carbocycles. The number of hydrogen-bond donors (Lipinski definition) is 1. The van der Waals surface area contributed by atoms with Crippen molar-refractivity contribution in [3.8, 4) is 0 Å². The van der Waals surface area contributed by atoms with E-state index in [1.807, 2.05) is 18.5 Å². The second-order valence-corrected chi connectivity index (χ2v) is 8.53. The number of carbonyl (C=O) groups excluding carboxylic acids is 1. The molecule has 1 amide bonds. The van der Waals surface area contributed by atoms with Crippen molar-refractivity contribution in [1.29, 1.82) is 0 Å². The number of likely N-dealkylation sites (tertiary alicyclic amines) is 1. The van der Waals surface area contributed by atoms with Crippen LogP contribution in [-0.4, -0.2) is 28.9 Å². The molecule has 1 aliphatic carbocycles. The van der Waals surface area contributed by atoms with Gasteiger partial charge in [-0.3, -0.25) is 14.7 Å². The molecule has 1 aliphatic heterocycles. The van der Waals surface area contributed by atoms with Gasteiger partial charge in [0.2, 0.25) is 5.91 Å². The van der Waals surface area contributed by atoms with Gasteiger partial charge < -0.3 is 5.32 Å². The molecular formula is C21H27N3OS. The van der Waals surface area contributed by atoms with E-state index in [1.165, 1.54) is 53.7 Å². The van der Waals surface area contributed by atoms with E-state index in [-0.39, 0.29) is 11.9 Å². The van der Waals surface area contributed by atoms with E-state index < -0.39 is 0 Å². The van der Waals surface area contributed by atoms with Crippen LogP contribution < -0.4 is 5.32 Å². The molecule has 0 aromatic carbocycles. The van der Waals surface area contributed by atoms with Gasteiger partial charge in [0, 0.05) is 29.8 Å². The average molecular weight is 370 g/mol. The van der Waals surface area contributed by atoms with Gasteiger partial charge in [-0.05, 0) is 68.8 Å². The van der Waals surface area contributed by atoms with E-state index in [2.05, 4.69) is 21.3 Å². The van der Waals surface area contributed by atoms with Crippen molar-refractivity contribution >= 4 is 22.2 Å². The summed E-state index contributed by atoms with van der Waals surface area (Å²) >= 11 is 1.80. The van der Waals surface area contributed by atoms with Crippen molar-refractivity contribution in [2.45, 2.75) is 57.9 Å². The Hall–Kier alpha value is -1.72. The van der Waals surface area contributed by atoms with Crippen molar-refractivity contribution in [1.82, 2.24) is 9.88 Å². The summed E-state index contributed by atoms with van der Waals surface area (Å²) in [7, 11) is 0. The van der Waals surface area contributed by atoms with Gasteiger partial charge in [-0.15, -0.1) is 11.3 Å². The first-order chi connectivity index (χ1) is 12.7. The predicted molar refractivity (Wildman–Crippen MR) is 107 cm³/mol. The lowest BCUT2D eigenvalue weighted by atomic mass is 9.88. The van der Waals surface area contributed by atoms with Gasteiger partial charge in [-0.2, -0.15) is 0 Å². The number of nitrogens with zero attached hydrogens (tertiary/aromatic N) is 2. The summed E-state index contributed by atoms with van der Waals surface area (Å²) in [6.07, 6.45) is 12.4. The summed E-state index contributed by atoms with van der Waals surface area (Å²) in [6, 6.07) is 4.42. The number of carbonyl (C=O) groups is 1. The molecule has 3 heterocycles. The first-order valence-corrected chi connectivity index (χ1v) is 10.6. The lowest BCUT2D eigenvalue weighted by molar-refractivity contribution is -0.114. The molecule has 26 heavy (non-hydrogen) atoms. The second kappa shape index (κ2) is 7.89. The molecule has 4 nitrogen and oxygen atoms in total. The number of amides is 1. The first-order valence-electron chi connectivity index (χ1n) is 9.80. The quantitative estimate of drug-likeness (QED) is 0.859. The van der Waals surface area contributed by atoms with Crippen molar-refractivity contribution in [2.75, 3.05) is 18.4 Å². The molecule has 0 spiro atoms. The average Bonchev–Trinajstić information content (AvgIpc) is 3.01. The van der Waals surface area contributed by atoms with Crippen LogP contribution in [0.15, 0.2) is 24.5 Å². The van der Waals surface area contributed by atoms with E-state index in [9.17, 15) is 4.79 Å². The van der Waals surface area contributed by atoms with Crippen LogP contribution in [0.3, 0.4) is 0 Å². The first kappa shape index (κ1) is 17.7. The van der Waals surface area contributed by atoms with Crippen LogP contribution in [0.2, 0.25) is 0 Å². The monoisotopic (exact) mass is 369 g/mol. The molecule has 2 aliphatic rings. The maximum Gasteiger partial charge on any atom is 0.221 e. The molecule has 2 aromatic rings. The molecule has 5 heteroatoms. The van der Waals surface area contributed by atoms with Crippen molar-refractivity contribution < 1.29 is 4.79 Å². The Morgan fingerprint density at radius 1 is 1.19 bits per heavy atom. The Morgan fingerprint density at radius 3 is 2.73 bits per heavy atom. The van der Waals surface area contributed by atoms with Crippen LogP contribution in [0, 0.1) is 0 Å². The van der Waals surface area contributed by atoms with E-state index in [1.54, 1.807) is 18.3 Å². The fourth-order valence-corrected chi connectivity index (χ4v) is 5.77. The number of aryl methyl sites for hydroxylation is 1. The third kappa shape index (κ3) is 3.55. The standard InChI is InChI=1S/C21H27N3OS/c1-15(25)23-21-19(17-9-3-4-10-18(17)26-21)20(16-8-7-11-22-14-16)24-12-5-2-6-13-24/h7-8,11,14,20H,2-6,9-10,12-13H2,1H3,(H,23,25)/t20-/m1/s1. The molecule has 1 atom stereocenters. The predicted octanol–water partition coefficient (Wildman–Crippen LogP) is 4.56. The highest BCUT2D eigenvalue weighted by atomic mass is 32.1. The SMILES string of the molecule is CC(=O)Nc1sc2c(c1[C@@H](c1cccnc1)N1CCCCC1)CCCC2. The molecule has 1 fully saturated rings. The summed E-state index contributed by atoms with van der Waals surface area (Å²) < 4.78 is 0. The van der Waals surface area contributed by atoms with Gasteiger partial charge in [0.05, 0.1) is 6.04 Å². The van der Waals surface area contributed by atoms with Crippen LogP contribution in [0.1, 0.15) is 66.6 Å². The van der Waals surface area contributed by atoms with Crippen LogP contribution in [0.4, 0.5) is 5.00 Å². The molecule has 4 rings (SSSR count). The number of fused-ring (bicyclic) bond motifs is 1. The minimum absolute atomic E-state index is 0.0217. The van der Waals surface area contributed by atoms with Gasteiger partial charge in [0.1, 0.15) is 5.00 Å². The molecule has 2 aromatic heterocycles. The normalized spacial score (nSPS) is 19.0. The van der Waals surface area contributed by atoms with Gasteiger partial charge in [0.15, 0.2) is 0 Å². The van der Waals surface area contributed by atoms with E-state index in [0.717, 1.165) is 30.9 Å². The third-order valence-corrected chi connectivity index (χ3v) is 6.75. The number of thiophene rings is 1. The molecule has 138 valence electrons. The zero-order chi connectivity index (χ0) is 17.9. The summed E-state index contributed by atoms with van der Waals surface area (Å²) in [5.41, 5.74) is 4.08. The lowest BCUT2D eigenvalue weighted by Crippen LogP contribution is -2.35. The third-order valence-electron chi connectivity index (χ3n) is 5.53. The maximum atomic E-state index is 11.9. The Kier molecular flexibility index (Phi) is 5.36. The lowest BCUT2D eigenvalue weighted by Gasteiger charge is -2.36. The van der Waals surface area contributed by atoms with Crippen LogP contribution in [0.5, 0.6) is 0 Å². The molecule has 0 radical (unpaired) electrons. The van der Waals surface area contributed by atoms with Crippen LogP contribution in [0.25, 0.3) is 0 Å². The maximum absolute atomic E-state index is 11.9. The Bertz CT molecular complexity index is 765. The van der Waals surface area contributed by atoms with Crippen molar-refractivity contribution in [3.05, 3.63) is 46.1 Å². The molecule has 1 N–H and O–H groups in total. The molecular weight excluding hydrogens is 342 g/mol. The molecule has 0 unspecified atom stereocenters. The van der Waals surface area contributed by atoms with Crippen molar-refractivity contribution in [3.63, 3.8) is 0 Å². The highest BCUT2D eigenvalue weighted by Crippen LogP contribution is 2.45. The number of anilines is 1. The Balaban J connectivity index is 1.84. The Morgan fingerprint density at radius 2 is 2.00 bits per heavy atom. The fourth-order valence-electron chi connectivity index (χ4n) is 4.41. The zero-order valence-electron chi connectivity index (χ0n) is 15.5. The van der Waals surface area contributed by atoms with Gasteiger partial charge in [-0.1, -0.05) is 12.5 Å². The van der Waals surface area contributed by atoms with E-state index in [4.69, 9.17) is 0 Å². The summed E-state index contributed by atoms with van der Waals surface area (Å²) in [4.78, 5) is 20.4. The molecule has 0 bridgehead atoms. The highest BCUT2D eigenvalue weighted by molar-refractivity contribution is 7.16. The van der Waals surface area contributed by atoms with Crippen LogP contribution in [-0.2, 0) is 17.6 Å². The summed E-state index contributed by atoms with van der Waals surface area (Å²) in [5.74, 6) is 0.0217. The fraction of sp³-hybridized carbons (Fsp3) is 0.524. The Labute approximate surface area is 159 Å². The summed E-state index contributed by atoms with van der Waals surface area (Å²) in [6.45, 7) is 3.84. The molecule has 1 saturated heterocycles. The largest absolute Gasteiger partial charge is 0.318 e. The summed E-state index contributed by atoms with van der Waals surface area (Å²) in [5, 5.41) is 4.21. The van der Waals surface area contributed by atoms with Gasteiger partial charge in [-0.25, -0.2) is 0 Å². The minimum atomic E-state index is 0.0217. The minimum Gasteiger partial charge on any atom is -0.318 e. The number of rotatable bonds is 4. The number of hydrogen-bond acceptors (Lipinski definition) is 4. The van der Waals surface area contributed by atoms with Gasteiger partial charge >= 0.3 is 0 Å². The second-order valence-electron chi connectivity index (χ2n) is 7.42. The van der Waals surface area contributed by atoms with Gasteiger partial charge in [0.25, 0.3) is 0 Å². The highest BCUT2D eigenvalue weighted by Gasteiger charge is 2.32. The number of pyridine rings is 1. The number of piperidine rings is 1. The topological polar surface area (TPSA) is 45.2 Å². The van der Waals surface area contributed by atoms with E-state index >= 15 is 0 Å². The smallest absolute Gasteiger partial charge is 0.221 e. The zero-order valence-corrected chi connectivity index (χ0v) is 16.3. The number of aromatic nitrogens is 1. The van der Waals surface area contributed by atoms with Crippen LogP contribution >= 0.6 is 11.3 Å².